The Morgan fingerprint density at radius 3 is 2.45 bits per heavy atom. The molecule has 1 unspecified atom stereocenters. The molecule has 0 aromatic heterocycles. The third-order valence-electron chi connectivity index (χ3n) is 2.23. The molecule has 1 aromatic rings. The molecule has 1 aromatic carbocycles. The average Bonchev–Trinajstić information content (AvgIpc) is 2.40. The topological polar surface area (TPSA) is 38.3 Å². The Hall–Kier alpha value is -0.300. The maximum absolute atomic E-state index is 13.9. The largest absolute Gasteiger partial charge is 0.466 e. The van der Waals surface area contributed by atoms with Crippen molar-refractivity contribution in [3.63, 3.8) is 0 Å². The van der Waals surface area contributed by atoms with E-state index in [0.29, 0.717) is 4.47 Å². The fourth-order valence-electron chi connectivity index (χ4n) is 1.44. The molecule has 0 radical (unpaired) electrons. The minimum atomic E-state index is -0.609. The number of hydrogen-bond donors (Lipinski definition) is 2. The SMILES string of the molecule is CC(C)C.CCOC(=O)CC(NS)c1cc(Br)cc(Cl)c1F. The quantitative estimate of drug-likeness (QED) is 0.388. The zero-order chi connectivity index (χ0) is 17.3. The standard InChI is InChI=1S/C11H12BrClFNO2S.C4H10/c1-2-17-10(16)5-9(15-18)7-3-6(12)4-8(13)11(7)14;1-4(2)3/h3-4,9,15,18H,2,5H2,1H3;4H,1-3H3. The van der Waals surface area contributed by atoms with Crippen LogP contribution in [0, 0.1) is 11.7 Å². The molecule has 0 saturated carbocycles. The molecule has 0 aliphatic carbocycles. The lowest BCUT2D eigenvalue weighted by Gasteiger charge is -2.16. The van der Waals surface area contributed by atoms with Gasteiger partial charge in [-0.05, 0) is 25.0 Å². The van der Waals surface area contributed by atoms with E-state index in [9.17, 15) is 9.18 Å². The number of esters is 1. The van der Waals surface area contributed by atoms with E-state index in [4.69, 9.17) is 16.3 Å². The van der Waals surface area contributed by atoms with Gasteiger partial charge >= 0.3 is 5.97 Å². The highest BCUT2D eigenvalue weighted by atomic mass is 79.9. The van der Waals surface area contributed by atoms with E-state index in [1.54, 1.807) is 13.0 Å². The lowest BCUT2D eigenvalue weighted by Crippen LogP contribution is -2.19. The van der Waals surface area contributed by atoms with Crippen LogP contribution in [0.15, 0.2) is 16.6 Å². The predicted octanol–water partition coefficient (Wildman–Crippen LogP) is 5.33. The molecule has 0 spiro atoms. The van der Waals surface area contributed by atoms with Gasteiger partial charge in [-0.3, -0.25) is 9.52 Å². The second kappa shape index (κ2) is 11.3. The second-order valence-electron chi connectivity index (χ2n) is 5.21. The third-order valence-corrected chi connectivity index (χ3v) is 3.27. The molecule has 0 aliphatic heterocycles. The number of benzene rings is 1. The highest BCUT2D eigenvalue weighted by Crippen LogP contribution is 2.30. The summed E-state index contributed by atoms with van der Waals surface area (Å²) in [7, 11) is 0. The predicted molar refractivity (Wildman–Crippen MR) is 95.7 cm³/mol. The van der Waals surface area contributed by atoms with Gasteiger partial charge in [-0.1, -0.05) is 61.1 Å². The molecular formula is C15H22BrClFNO2S. The van der Waals surface area contributed by atoms with Crippen molar-refractivity contribution in [3.05, 3.63) is 33.0 Å². The minimum absolute atomic E-state index is 0.0168. The molecule has 0 saturated heterocycles. The normalized spacial score (nSPS) is 11.7. The van der Waals surface area contributed by atoms with Gasteiger partial charge in [-0.15, -0.1) is 0 Å². The minimum Gasteiger partial charge on any atom is -0.466 e. The number of halogens is 3. The summed E-state index contributed by atoms with van der Waals surface area (Å²) in [6.45, 7) is 8.48. The molecule has 22 heavy (non-hydrogen) atoms. The van der Waals surface area contributed by atoms with Crippen LogP contribution in [0.3, 0.4) is 0 Å². The number of rotatable bonds is 5. The van der Waals surface area contributed by atoms with Crippen molar-refractivity contribution >= 4 is 46.3 Å². The third kappa shape index (κ3) is 8.36. The lowest BCUT2D eigenvalue weighted by atomic mass is 10.0. The summed E-state index contributed by atoms with van der Waals surface area (Å²) < 4.78 is 21.9. The number of thiol groups is 1. The zero-order valence-corrected chi connectivity index (χ0v) is 16.4. The number of carbonyl (C=O) groups is 1. The smallest absolute Gasteiger partial charge is 0.307 e. The summed E-state index contributed by atoms with van der Waals surface area (Å²) in [6.07, 6.45) is -0.0267. The first-order valence-corrected chi connectivity index (χ1v) is 8.54. The van der Waals surface area contributed by atoms with Crippen molar-refractivity contribution in [1.82, 2.24) is 4.72 Å². The van der Waals surface area contributed by atoms with Gasteiger partial charge in [0.1, 0.15) is 5.82 Å². The first kappa shape index (κ1) is 21.7. The van der Waals surface area contributed by atoms with Gasteiger partial charge < -0.3 is 4.74 Å². The Kier molecular flexibility index (Phi) is 11.1. The van der Waals surface area contributed by atoms with Gasteiger partial charge in [0, 0.05) is 10.0 Å². The summed E-state index contributed by atoms with van der Waals surface area (Å²) in [4.78, 5) is 11.4. The van der Waals surface area contributed by atoms with E-state index >= 15 is 0 Å². The number of carbonyl (C=O) groups excluding carboxylic acids is 1. The van der Waals surface area contributed by atoms with Crippen molar-refractivity contribution in [3.8, 4) is 0 Å². The van der Waals surface area contributed by atoms with E-state index in [1.165, 1.54) is 6.07 Å². The van der Waals surface area contributed by atoms with Crippen LogP contribution >= 0.6 is 40.3 Å². The monoisotopic (exact) mass is 413 g/mol. The number of hydrogen-bond acceptors (Lipinski definition) is 4. The molecular weight excluding hydrogens is 393 g/mol. The second-order valence-corrected chi connectivity index (χ2v) is 6.79. The number of ether oxygens (including phenoxy) is 1. The van der Waals surface area contributed by atoms with Crippen LogP contribution in [0.4, 0.5) is 4.39 Å². The maximum Gasteiger partial charge on any atom is 0.307 e. The Morgan fingerprint density at radius 1 is 1.45 bits per heavy atom. The first-order valence-electron chi connectivity index (χ1n) is 6.92. The molecule has 0 heterocycles. The molecule has 7 heteroatoms. The molecule has 0 aliphatic rings. The van der Waals surface area contributed by atoms with Gasteiger partial charge in [0.2, 0.25) is 0 Å². The summed E-state index contributed by atoms with van der Waals surface area (Å²) >= 11 is 12.9. The highest BCUT2D eigenvalue weighted by molar-refractivity contribution is 9.10. The fraction of sp³-hybridized carbons (Fsp3) is 0.533. The molecule has 126 valence electrons. The van der Waals surface area contributed by atoms with Crippen LogP contribution in [-0.4, -0.2) is 12.6 Å². The summed E-state index contributed by atoms with van der Waals surface area (Å²) in [5.74, 6) is -0.171. The Labute approximate surface area is 150 Å². The summed E-state index contributed by atoms with van der Waals surface area (Å²) in [6, 6.07) is 2.39. The Morgan fingerprint density at radius 2 is 2.00 bits per heavy atom. The summed E-state index contributed by atoms with van der Waals surface area (Å²) in [5, 5.41) is -0.0168. The summed E-state index contributed by atoms with van der Waals surface area (Å²) in [5.41, 5.74) is 0.262. The van der Waals surface area contributed by atoms with Crippen LogP contribution < -0.4 is 4.72 Å². The zero-order valence-electron chi connectivity index (χ0n) is 13.1. The van der Waals surface area contributed by atoms with E-state index in [-0.39, 0.29) is 23.6 Å². The van der Waals surface area contributed by atoms with Crippen LogP contribution in [0.5, 0.6) is 0 Å². The van der Waals surface area contributed by atoms with Gasteiger partial charge in [-0.25, -0.2) is 4.39 Å². The van der Waals surface area contributed by atoms with Crippen LogP contribution in [0.2, 0.25) is 5.02 Å². The van der Waals surface area contributed by atoms with Gasteiger partial charge in [-0.2, -0.15) is 0 Å². The molecule has 0 fully saturated rings. The van der Waals surface area contributed by atoms with E-state index < -0.39 is 17.8 Å². The van der Waals surface area contributed by atoms with Crippen molar-refractivity contribution in [2.75, 3.05) is 6.61 Å². The highest BCUT2D eigenvalue weighted by Gasteiger charge is 2.21. The maximum atomic E-state index is 13.9. The van der Waals surface area contributed by atoms with E-state index in [1.807, 2.05) is 0 Å². The van der Waals surface area contributed by atoms with E-state index in [2.05, 4.69) is 54.2 Å². The fourth-order valence-corrected chi connectivity index (χ4v) is 2.51. The van der Waals surface area contributed by atoms with Gasteiger partial charge in [0.25, 0.3) is 0 Å². The van der Waals surface area contributed by atoms with Crippen molar-refractivity contribution < 1.29 is 13.9 Å². The van der Waals surface area contributed by atoms with Crippen molar-refractivity contribution in [2.45, 2.75) is 40.2 Å². The number of nitrogens with one attached hydrogen (secondary N) is 1. The van der Waals surface area contributed by atoms with Crippen LogP contribution in [0.25, 0.3) is 0 Å². The molecule has 0 bridgehead atoms. The van der Waals surface area contributed by atoms with Crippen molar-refractivity contribution in [1.29, 1.82) is 0 Å². The first-order chi connectivity index (χ1) is 10.2. The average molecular weight is 415 g/mol. The van der Waals surface area contributed by atoms with Crippen molar-refractivity contribution in [2.24, 2.45) is 5.92 Å². The Balaban J connectivity index is 0.000000980. The van der Waals surface area contributed by atoms with E-state index in [0.717, 1.165) is 5.92 Å². The lowest BCUT2D eigenvalue weighted by molar-refractivity contribution is -0.143. The van der Waals surface area contributed by atoms with Crippen LogP contribution in [-0.2, 0) is 9.53 Å². The molecule has 1 rings (SSSR count). The Bertz CT molecular complexity index is 486. The molecule has 3 nitrogen and oxygen atoms in total. The van der Waals surface area contributed by atoms with Crippen LogP contribution in [0.1, 0.15) is 45.7 Å². The van der Waals surface area contributed by atoms with Gasteiger partial charge in [0.15, 0.2) is 0 Å². The van der Waals surface area contributed by atoms with Gasteiger partial charge in [0.05, 0.1) is 24.1 Å². The molecule has 1 N–H and O–H groups in total. The molecule has 1 atom stereocenters. The molecule has 0 amide bonds.